The average Bonchev–Trinajstić information content (AvgIpc) is 2.49. The van der Waals surface area contributed by atoms with Gasteiger partial charge in [0.25, 0.3) is 0 Å². The summed E-state index contributed by atoms with van der Waals surface area (Å²) in [6.07, 6.45) is -3.18. The van der Waals surface area contributed by atoms with E-state index in [1.165, 1.54) is 13.0 Å². The van der Waals surface area contributed by atoms with Gasteiger partial charge in [0.1, 0.15) is 12.4 Å². The highest BCUT2D eigenvalue weighted by Gasteiger charge is 2.45. The van der Waals surface area contributed by atoms with E-state index in [0.717, 1.165) is 6.07 Å². The number of rotatable bonds is 4. The molecule has 1 aromatic carbocycles. The van der Waals surface area contributed by atoms with Crippen molar-refractivity contribution >= 4 is 5.91 Å². The molecule has 0 saturated carbocycles. The molecule has 3 atom stereocenters. The van der Waals surface area contributed by atoms with Gasteiger partial charge in [0.2, 0.25) is 5.91 Å². The van der Waals surface area contributed by atoms with E-state index in [-0.39, 0.29) is 18.4 Å². The van der Waals surface area contributed by atoms with Gasteiger partial charge < -0.3 is 4.90 Å². The van der Waals surface area contributed by atoms with Crippen LogP contribution in [0.5, 0.6) is 0 Å². The predicted molar refractivity (Wildman–Crippen MR) is 79.2 cm³/mol. The second-order valence-electron chi connectivity index (χ2n) is 6.18. The summed E-state index contributed by atoms with van der Waals surface area (Å²) >= 11 is 0. The minimum Gasteiger partial charge on any atom is -0.330 e. The molecule has 2 nitrogen and oxygen atoms in total. The van der Waals surface area contributed by atoms with Gasteiger partial charge in [-0.15, -0.1) is 6.58 Å². The van der Waals surface area contributed by atoms with E-state index >= 15 is 0 Å². The summed E-state index contributed by atoms with van der Waals surface area (Å²) in [4.78, 5) is 12.9. The molecule has 138 valence electrons. The zero-order valence-electron chi connectivity index (χ0n) is 13.4. The molecule has 1 unspecified atom stereocenters. The number of hydrogen-bond donors (Lipinski definition) is 0. The Kier molecular flexibility index (Phi) is 5.49. The first-order valence-corrected chi connectivity index (χ1v) is 7.67. The number of piperidine rings is 1. The van der Waals surface area contributed by atoms with Crippen LogP contribution in [0, 0.1) is 23.4 Å². The Morgan fingerprint density at radius 2 is 1.92 bits per heavy atom. The molecule has 1 fully saturated rings. The molecule has 0 bridgehead atoms. The molecular weight excluding hydrogens is 348 g/mol. The Labute approximate surface area is 141 Å². The van der Waals surface area contributed by atoms with Crippen LogP contribution in [0.4, 0.5) is 26.3 Å². The number of carbonyl (C=O) groups is 1. The Bertz CT molecular complexity index is 672. The fourth-order valence-electron chi connectivity index (χ4n) is 3.30. The molecule has 1 saturated heterocycles. The predicted octanol–water partition coefficient (Wildman–Crippen LogP) is 4.56. The fraction of sp³-hybridized carbons (Fsp3) is 0.471. The van der Waals surface area contributed by atoms with E-state index in [2.05, 4.69) is 6.58 Å². The van der Waals surface area contributed by atoms with Crippen molar-refractivity contribution in [2.75, 3.05) is 6.54 Å². The molecule has 1 amide bonds. The zero-order chi connectivity index (χ0) is 18.9. The van der Waals surface area contributed by atoms with Gasteiger partial charge in [-0.25, -0.2) is 13.2 Å². The third-order valence-electron chi connectivity index (χ3n) is 4.47. The van der Waals surface area contributed by atoms with Crippen molar-refractivity contribution in [3.05, 3.63) is 47.8 Å². The number of carbonyl (C=O) groups excluding carboxylic acids is 1. The topological polar surface area (TPSA) is 20.3 Å². The van der Waals surface area contributed by atoms with E-state index in [0.29, 0.717) is 11.0 Å². The number of allylic oxidation sites excluding steroid dienone is 1. The van der Waals surface area contributed by atoms with Crippen molar-refractivity contribution in [3.63, 3.8) is 0 Å². The van der Waals surface area contributed by atoms with Crippen LogP contribution in [0.2, 0.25) is 0 Å². The summed E-state index contributed by atoms with van der Waals surface area (Å²) in [5, 5.41) is 0. The van der Waals surface area contributed by atoms with Gasteiger partial charge >= 0.3 is 6.18 Å². The molecule has 1 aliphatic heterocycles. The van der Waals surface area contributed by atoms with E-state index in [1.54, 1.807) is 0 Å². The molecule has 0 N–H and O–H groups in total. The second kappa shape index (κ2) is 7.09. The molecule has 8 heteroatoms. The van der Waals surface area contributed by atoms with Crippen LogP contribution in [0.25, 0.3) is 0 Å². The van der Waals surface area contributed by atoms with Gasteiger partial charge in [-0.2, -0.15) is 13.2 Å². The van der Waals surface area contributed by atoms with Crippen molar-refractivity contribution < 1.29 is 31.1 Å². The third kappa shape index (κ3) is 4.16. The summed E-state index contributed by atoms with van der Waals surface area (Å²) in [6, 6.07) is 0.0732. The minimum atomic E-state index is -4.64. The normalized spacial score (nSPS) is 24.5. The van der Waals surface area contributed by atoms with Crippen LogP contribution < -0.4 is 0 Å². The first-order valence-electron chi connectivity index (χ1n) is 7.67. The molecule has 1 aliphatic rings. The van der Waals surface area contributed by atoms with Crippen LogP contribution in [0.1, 0.15) is 31.2 Å². The van der Waals surface area contributed by atoms with Crippen molar-refractivity contribution in [2.45, 2.75) is 37.9 Å². The van der Waals surface area contributed by atoms with E-state index in [1.807, 2.05) is 0 Å². The molecule has 0 spiro atoms. The molecular formula is C17H17F6NO. The number of benzene rings is 1. The fourth-order valence-corrected chi connectivity index (χ4v) is 3.30. The van der Waals surface area contributed by atoms with E-state index in [4.69, 9.17) is 0 Å². The van der Waals surface area contributed by atoms with Crippen molar-refractivity contribution in [1.29, 1.82) is 0 Å². The summed E-state index contributed by atoms with van der Waals surface area (Å²) in [6.45, 7) is 3.28. The maximum absolute atomic E-state index is 14.1. The molecule has 0 aromatic heterocycles. The Balaban J connectivity index is 2.46. The molecule has 25 heavy (non-hydrogen) atoms. The van der Waals surface area contributed by atoms with Crippen molar-refractivity contribution in [1.82, 2.24) is 4.90 Å². The maximum Gasteiger partial charge on any atom is 0.406 e. The van der Waals surface area contributed by atoms with Gasteiger partial charge in [0, 0.05) is 23.9 Å². The summed E-state index contributed by atoms with van der Waals surface area (Å²) in [5.74, 6) is -6.29. The third-order valence-corrected chi connectivity index (χ3v) is 4.47. The van der Waals surface area contributed by atoms with Gasteiger partial charge in [-0.05, 0) is 31.4 Å². The SMILES string of the molecule is C=CCC1C[C@H](c2cc(F)cc(F)c2F)[C@H](C)N(CC(F)(F)F)C1=O. The molecule has 1 heterocycles. The number of halogens is 6. The summed E-state index contributed by atoms with van der Waals surface area (Å²) in [7, 11) is 0. The lowest BCUT2D eigenvalue weighted by atomic mass is 9.77. The van der Waals surface area contributed by atoms with Crippen LogP contribution in [-0.4, -0.2) is 29.6 Å². The number of likely N-dealkylation sites (tertiary alicyclic amines) is 1. The number of amides is 1. The Morgan fingerprint density at radius 1 is 1.28 bits per heavy atom. The largest absolute Gasteiger partial charge is 0.406 e. The first kappa shape index (κ1) is 19.3. The summed E-state index contributed by atoms with van der Waals surface area (Å²) in [5.41, 5.74) is -0.362. The zero-order valence-corrected chi connectivity index (χ0v) is 13.4. The average molecular weight is 365 g/mol. The lowest BCUT2D eigenvalue weighted by Gasteiger charge is -2.43. The van der Waals surface area contributed by atoms with Gasteiger partial charge in [-0.1, -0.05) is 6.08 Å². The molecule has 0 aliphatic carbocycles. The van der Waals surface area contributed by atoms with Crippen LogP contribution >= 0.6 is 0 Å². The number of nitrogens with zero attached hydrogens (tertiary/aromatic N) is 1. The van der Waals surface area contributed by atoms with E-state index in [9.17, 15) is 31.1 Å². The molecule has 2 rings (SSSR count). The van der Waals surface area contributed by atoms with E-state index < -0.39 is 54.0 Å². The molecule has 0 radical (unpaired) electrons. The lowest BCUT2D eigenvalue weighted by Crippen LogP contribution is -2.53. The van der Waals surface area contributed by atoms with Gasteiger partial charge in [0.05, 0.1) is 0 Å². The smallest absolute Gasteiger partial charge is 0.330 e. The Morgan fingerprint density at radius 3 is 2.48 bits per heavy atom. The highest BCUT2D eigenvalue weighted by atomic mass is 19.4. The quantitative estimate of drug-likeness (QED) is 0.435. The monoisotopic (exact) mass is 365 g/mol. The highest BCUT2D eigenvalue weighted by Crippen LogP contribution is 2.40. The second-order valence-corrected chi connectivity index (χ2v) is 6.18. The van der Waals surface area contributed by atoms with Crippen LogP contribution in [0.3, 0.4) is 0 Å². The van der Waals surface area contributed by atoms with Gasteiger partial charge in [0.15, 0.2) is 11.6 Å². The first-order chi connectivity index (χ1) is 11.5. The summed E-state index contributed by atoms with van der Waals surface area (Å²) < 4.78 is 79.6. The van der Waals surface area contributed by atoms with Crippen molar-refractivity contribution in [3.8, 4) is 0 Å². The molecule has 1 aromatic rings. The van der Waals surface area contributed by atoms with Crippen LogP contribution in [0.15, 0.2) is 24.8 Å². The lowest BCUT2D eigenvalue weighted by molar-refractivity contribution is -0.172. The highest BCUT2D eigenvalue weighted by molar-refractivity contribution is 5.80. The minimum absolute atomic E-state index is 0.0137. The van der Waals surface area contributed by atoms with Crippen molar-refractivity contribution in [2.24, 2.45) is 5.92 Å². The number of hydrogen-bond acceptors (Lipinski definition) is 1. The van der Waals surface area contributed by atoms with Gasteiger partial charge in [-0.3, -0.25) is 4.79 Å². The standard InChI is InChI=1S/C17H17F6NO/c1-3-4-10-5-12(13-6-11(18)7-14(19)15(13)20)9(2)24(16(10)25)8-17(21,22)23/h3,6-7,9-10,12H,1,4-5,8H2,2H3/t9-,10?,12-/m0/s1. The van der Waals surface area contributed by atoms with Crippen LogP contribution in [-0.2, 0) is 4.79 Å². The maximum atomic E-state index is 14.1. The Hall–Kier alpha value is -1.99. The number of alkyl halides is 3.